The zero-order chi connectivity index (χ0) is 19.4. The van der Waals surface area contributed by atoms with Gasteiger partial charge in [-0.25, -0.2) is 4.79 Å². The number of methoxy groups -OCH3 is 1. The van der Waals surface area contributed by atoms with Gasteiger partial charge in [-0.15, -0.1) is 0 Å². The van der Waals surface area contributed by atoms with Crippen LogP contribution in [0.4, 0.5) is 16.2 Å². The molecule has 27 heavy (non-hydrogen) atoms. The van der Waals surface area contributed by atoms with Crippen LogP contribution in [0.2, 0.25) is 0 Å². The van der Waals surface area contributed by atoms with Gasteiger partial charge in [-0.3, -0.25) is 5.32 Å². The number of hydrogen-bond acceptors (Lipinski definition) is 6. The Morgan fingerprint density at radius 3 is 2.44 bits per heavy atom. The quantitative estimate of drug-likeness (QED) is 0.863. The van der Waals surface area contributed by atoms with E-state index < -0.39 is 11.7 Å². The van der Waals surface area contributed by atoms with Crippen LogP contribution in [-0.2, 0) is 14.2 Å². The zero-order valence-electron chi connectivity index (χ0n) is 16.6. The second-order valence-electron chi connectivity index (χ2n) is 7.92. The predicted octanol–water partition coefficient (Wildman–Crippen LogP) is 3.63. The van der Waals surface area contributed by atoms with Crippen molar-refractivity contribution in [1.82, 2.24) is 0 Å². The van der Waals surface area contributed by atoms with Crippen molar-refractivity contribution in [2.75, 3.05) is 43.6 Å². The molecule has 0 radical (unpaired) electrons. The van der Waals surface area contributed by atoms with Gasteiger partial charge in [0.2, 0.25) is 0 Å². The topological polar surface area (TPSA) is 69.3 Å². The number of carbonyl (C=O) groups excluding carboxylic acids is 1. The molecule has 0 bridgehead atoms. The second-order valence-corrected chi connectivity index (χ2v) is 7.92. The maximum absolute atomic E-state index is 12.1. The van der Waals surface area contributed by atoms with Crippen LogP contribution < -0.4 is 15.0 Å². The summed E-state index contributed by atoms with van der Waals surface area (Å²) in [7, 11) is 1.62. The third kappa shape index (κ3) is 5.05. The molecule has 2 heterocycles. The first kappa shape index (κ1) is 19.8. The van der Waals surface area contributed by atoms with E-state index in [1.165, 1.54) is 0 Å². The van der Waals surface area contributed by atoms with E-state index in [1.807, 2.05) is 39.0 Å². The van der Waals surface area contributed by atoms with Crippen molar-refractivity contribution in [1.29, 1.82) is 0 Å². The Morgan fingerprint density at radius 1 is 1.19 bits per heavy atom. The molecule has 0 saturated carbocycles. The highest BCUT2D eigenvalue weighted by atomic mass is 16.7. The molecule has 0 aliphatic carbocycles. The Morgan fingerprint density at radius 2 is 1.85 bits per heavy atom. The molecule has 1 N–H and O–H groups in total. The molecule has 0 aromatic heterocycles. The lowest BCUT2D eigenvalue weighted by atomic mass is 9.95. The second kappa shape index (κ2) is 8.35. The first-order chi connectivity index (χ1) is 12.9. The minimum absolute atomic E-state index is 0.0609. The molecular formula is C20H30N2O5. The number of amides is 1. The number of piperidine rings is 1. The largest absolute Gasteiger partial charge is 0.492 e. The Balaban J connectivity index is 1.68. The van der Waals surface area contributed by atoms with Gasteiger partial charge >= 0.3 is 6.09 Å². The SMILES string of the molecule is COc1c(NC(=O)OC(C)(C)C)cccc1N1CCC(C2OCCO2)CC1. The lowest BCUT2D eigenvalue weighted by Crippen LogP contribution is -2.38. The maximum Gasteiger partial charge on any atom is 0.412 e. The van der Waals surface area contributed by atoms with E-state index in [1.54, 1.807) is 7.11 Å². The molecule has 1 aromatic carbocycles. The average Bonchev–Trinajstić information content (AvgIpc) is 3.14. The number of nitrogens with zero attached hydrogens (tertiary/aromatic N) is 1. The first-order valence-electron chi connectivity index (χ1n) is 9.52. The van der Waals surface area contributed by atoms with Crippen molar-refractivity contribution < 1.29 is 23.7 Å². The molecule has 2 aliphatic heterocycles. The van der Waals surface area contributed by atoms with Gasteiger partial charge in [0, 0.05) is 19.0 Å². The van der Waals surface area contributed by atoms with Gasteiger partial charge in [-0.2, -0.15) is 0 Å². The monoisotopic (exact) mass is 378 g/mol. The smallest absolute Gasteiger partial charge is 0.412 e. The number of rotatable bonds is 4. The van der Waals surface area contributed by atoms with Crippen molar-refractivity contribution in [2.24, 2.45) is 5.92 Å². The number of nitrogens with one attached hydrogen (secondary N) is 1. The molecule has 2 aliphatic rings. The minimum Gasteiger partial charge on any atom is -0.492 e. The maximum atomic E-state index is 12.1. The average molecular weight is 378 g/mol. The van der Waals surface area contributed by atoms with Crippen LogP contribution >= 0.6 is 0 Å². The van der Waals surface area contributed by atoms with E-state index in [9.17, 15) is 4.79 Å². The highest BCUT2D eigenvalue weighted by Crippen LogP contribution is 2.38. The van der Waals surface area contributed by atoms with Crippen LogP contribution in [0, 0.1) is 5.92 Å². The number of benzene rings is 1. The van der Waals surface area contributed by atoms with Gasteiger partial charge in [0.15, 0.2) is 12.0 Å². The van der Waals surface area contributed by atoms with Crippen molar-refractivity contribution >= 4 is 17.5 Å². The highest BCUT2D eigenvalue weighted by molar-refractivity contribution is 5.89. The summed E-state index contributed by atoms with van der Waals surface area (Å²) in [4.78, 5) is 14.4. The summed E-state index contributed by atoms with van der Waals surface area (Å²) in [5.74, 6) is 1.08. The van der Waals surface area contributed by atoms with Crippen LogP contribution in [0.25, 0.3) is 0 Å². The van der Waals surface area contributed by atoms with Crippen LogP contribution in [0.15, 0.2) is 18.2 Å². The molecule has 2 fully saturated rings. The van der Waals surface area contributed by atoms with Crippen molar-refractivity contribution in [3.8, 4) is 5.75 Å². The van der Waals surface area contributed by atoms with Gasteiger partial charge in [-0.1, -0.05) is 6.07 Å². The van der Waals surface area contributed by atoms with Crippen LogP contribution in [-0.4, -0.2) is 51.4 Å². The molecule has 1 aromatic rings. The summed E-state index contributed by atoms with van der Waals surface area (Å²) >= 11 is 0. The van der Waals surface area contributed by atoms with E-state index in [0.29, 0.717) is 30.6 Å². The lowest BCUT2D eigenvalue weighted by Gasteiger charge is -2.36. The fourth-order valence-corrected chi connectivity index (χ4v) is 3.56. The summed E-state index contributed by atoms with van der Waals surface area (Å²) < 4.78 is 22.3. The normalized spacial score (nSPS) is 19.2. The van der Waals surface area contributed by atoms with Crippen LogP contribution in [0.5, 0.6) is 5.75 Å². The summed E-state index contributed by atoms with van der Waals surface area (Å²) in [5.41, 5.74) is 1.02. The summed E-state index contributed by atoms with van der Waals surface area (Å²) in [6.07, 6.45) is 1.44. The molecule has 150 valence electrons. The van der Waals surface area contributed by atoms with E-state index in [4.69, 9.17) is 18.9 Å². The molecule has 7 nitrogen and oxygen atoms in total. The van der Waals surface area contributed by atoms with Crippen molar-refractivity contribution in [2.45, 2.75) is 45.5 Å². The highest BCUT2D eigenvalue weighted by Gasteiger charge is 2.31. The third-order valence-electron chi connectivity index (χ3n) is 4.75. The van der Waals surface area contributed by atoms with E-state index in [0.717, 1.165) is 31.6 Å². The minimum atomic E-state index is -0.554. The molecule has 7 heteroatoms. The molecular weight excluding hydrogens is 348 g/mol. The third-order valence-corrected chi connectivity index (χ3v) is 4.75. The van der Waals surface area contributed by atoms with E-state index in [-0.39, 0.29) is 6.29 Å². The molecule has 0 atom stereocenters. The van der Waals surface area contributed by atoms with Gasteiger partial charge in [-0.05, 0) is 45.7 Å². The number of ether oxygens (including phenoxy) is 4. The summed E-state index contributed by atoms with van der Waals surface area (Å²) in [6.45, 7) is 8.67. The van der Waals surface area contributed by atoms with Crippen molar-refractivity contribution in [3.05, 3.63) is 18.2 Å². The van der Waals surface area contributed by atoms with Gasteiger partial charge < -0.3 is 23.8 Å². The standard InChI is InChI=1S/C20H30N2O5/c1-20(2,3)27-19(23)21-15-6-5-7-16(17(15)24-4)22-10-8-14(9-11-22)18-25-12-13-26-18/h5-7,14,18H,8-13H2,1-4H3,(H,21,23). The Hall–Kier alpha value is -1.99. The summed E-state index contributed by atoms with van der Waals surface area (Å²) in [5, 5.41) is 2.80. The Labute approximate surface area is 160 Å². The molecule has 3 rings (SSSR count). The van der Waals surface area contributed by atoms with Gasteiger partial charge in [0.05, 0.1) is 31.7 Å². The number of para-hydroxylation sites is 1. The van der Waals surface area contributed by atoms with Crippen LogP contribution in [0.1, 0.15) is 33.6 Å². The molecule has 1 amide bonds. The molecule has 0 unspecified atom stereocenters. The zero-order valence-corrected chi connectivity index (χ0v) is 16.6. The number of hydrogen-bond donors (Lipinski definition) is 1. The fourth-order valence-electron chi connectivity index (χ4n) is 3.56. The van der Waals surface area contributed by atoms with Gasteiger partial charge in [0.1, 0.15) is 5.60 Å². The molecule has 0 spiro atoms. The van der Waals surface area contributed by atoms with Crippen molar-refractivity contribution in [3.63, 3.8) is 0 Å². The lowest BCUT2D eigenvalue weighted by molar-refractivity contribution is -0.0889. The summed E-state index contributed by atoms with van der Waals surface area (Å²) in [6, 6.07) is 5.75. The molecule has 2 saturated heterocycles. The first-order valence-corrected chi connectivity index (χ1v) is 9.52. The number of anilines is 2. The van der Waals surface area contributed by atoms with Crippen LogP contribution in [0.3, 0.4) is 0 Å². The fraction of sp³-hybridized carbons (Fsp3) is 0.650. The number of carbonyl (C=O) groups is 1. The Kier molecular flexibility index (Phi) is 6.11. The van der Waals surface area contributed by atoms with E-state index >= 15 is 0 Å². The predicted molar refractivity (Wildman–Crippen MR) is 103 cm³/mol. The Bertz CT molecular complexity index is 644. The van der Waals surface area contributed by atoms with Gasteiger partial charge in [0.25, 0.3) is 0 Å². The van der Waals surface area contributed by atoms with E-state index in [2.05, 4.69) is 10.2 Å².